The SMILES string of the molecule is COc1ccc(CNc2nc(-c3ccc(OC)cc3)nn2C(=O)C(C)C)cc1. The Balaban J connectivity index is 1.86. The number of rotatable bonds is 7. The molecule has 0 aliphatic rings. The quantitative estimate of drug-likeness (QED) is 0.670. The van der Waals surface area contributed by atoms with Crippen LogP contribution in [0, 0.1) is 5.92 Å². The van der Waals surface area contributed by atoms with Crippen LogP contribution in [0.4, 0.5) is 5.95 Å². The van der Waals surface area contributed by atoms with Crippen LogP contribution in [0.1, 0.15) is 24.2 Å². The summed E-state index contributed by atoms with van der Waals surface area (Å²) in [6.45, 7) is 4.19. The van der Waals surface area contributed by atoms with Crippen molar-refractivity contribution in [3.63, 3.8) is 0 Å². The summed E-state index contributed by atoms with van der Waals surface area (Å²) >= 11 is 0. The van der Waals surface area contributed by atoms with Gasteiger partial charge >= 0.3 is 0 Å². The fraction of sp³-hybridized carbons (Fsp3) is 0.286. The second-order valence-electron chi connectivity index (χ2n) is 6.59. The highest BCUT2D eigenvalue weighted by Gasteiger charge is 2.19. The van der Waals surface area contributed by atoms with Gasteiger partial charge in [-0.1, -0.05) is 26.0 Å². The van der Waals surface area contributed by atoms with Crippen LogP contribution in [0.15, 0.2) is 48.5 Å². The van der Waals surface area contributed by atoms with Gasteiger partial charge in [0.2, 0.25) is 5.95 Å². The van der Waals surface area contributed by atoms with Gasteiger partial charge in [0.1, 0.15) is 11.5 Å². The first-order valence-corrected chi connectivity index (χ1v) is 9.04. The molecule has 0 atom stereocenters. The summed E-state index contributed by atoms with van der Waals surface area (Å²) in [7, 11) is 3.25. The van der Waals surface area contributed by atoms with E-state index >= 15 is 0 Å². The van der Waals surface area contributed by atoms with Crippen LogP contribution < -0.4 is 14.8 Å². The number of methoxy groups -OCH3 is 2. The molecule has 2 aromatic carbocycles. The van der Waals surface area contributed by atoms with Crippen LogP contribution in [-0.2, 0) is 6.54 Å². The molecule has 3 rings (SSSR count). The molecule has 0 bridgehead atoms. The normalized spacial score (nSPS) is 10.8. The molecule has 0 saturated heterocycles. The van der Waals surface area contributed by atoms with E-state index in [0.29, 0.717) is 18.3 Å². The van der Waals surface area contributed by atoms with Crippen molar-refractivity contribution >= 4 is 11.9 Å². The highest BCUT2D eigenvalue weighted by Crippen LogP contribution is 2.22. The number of carbonyl (C=O) groups excluding carboxylic acids is 1. The summed E-state index contributed by atoms with van der Waals surface area (Å²) < 4.78 is 11.7. The van der Waals surface area contributed by atoms with Gasteiger partial charge in [-0.3, -0.25) is 4.79 Å². The lowest BCUT2D eigenvalue weighted by atomic mass is 10.2. The molecular formula is C21H24N4O3. The zero-order valence-corrected chi connectivity index (χ0v) is 16.5. The Morgan fingerprint density at radius 2 is 1.57 bits per heavy atom. The molecule has 1 N–H and O–H groups in total. The summed E-state index contributed by atoms with van der Waals surface area (Å²) in [6.07, 6.45) is 0. The van der Waals surface area contributed by atoms with E-state index in [2.05, 4.69) is 15.4 Å². The molecule has 0 amide bonds. The van der Waals surface area contributed by atoms with Gasteiger partial charge in [-0.25, -0.2) is 0 Å². The van der Waals surface area contributed by atoms with Crippen molar-refractivity contribution in [2.24, 2.45) is 5.92 Å². The second-order valence-corrected chi connectivity index (χ2v) is 6.59. The fourth-order valence-corrected chi connectivity index (χ4v) is 2.61. The Bertz CT molecular complexity index is 931. The molecule has 3 aromatic rings. The lowest BCUT2D eigenvalue weighted by Crippen LogP contribution is -2.21. The molecule has 0 aliphatic heterocycles. The first-order chi connectivity index (χ1) is 13.5. The van der Waals surface area contributed by atoms with Gasteiger partial charge in [0.25, 0.3) is 5.91 Å². The lowest BCUT2D eigenvalue weighted by Gasteiger charge is -2.09. The van der Waals surface area contributed by atoms with Gasteiger partial charge in [-0.15, -0.1) is 5.10 Å². The number of anilines is 1. The third-order valence-electron chi connectivity index (χ3n) is 4.27. The monoisotopic (exact) mass is 380 g/mol. The van der Waals surface area contributed by atoms with E-state index < -0.39 is 0 Å². The molecule has 146 valence electrons. The number of nitrogens with one attached hydrogen (secondary N) is 1. The first-order valence-electron chi connectivity index (χ1n) is 9.04. The van der Waals surface area contributed by atoms with Crippen molar-refractivity contribution in [3.05, 3.63) is 54.1 Å². The molecule has 1 heterocycles. The Hall–Kier alpha value is -3.35. The van der Waals surface area contributed by atoms with Crippen LogP contribution in [-0.4, -0.2) is 34.9 Å². The maximum atomic E-state index is 12.6. The Kier molecular flexibility index (Phi) is 5.93. The predicted octanol–water partition coefficient (Wildman–Crippen LogP) is 3.87. The number of hydrogen-bond donors (Lipinski definition) is 1. The molecular weight excluding hydrogens is 356 g/mol. The van der Waals surface area contributed by atoms with Gasteiger partial charge in [-0.2, -0.15) is 9.67 Å². The summed E-state index contributed by atoms with van der Waals surface area (Å²) in [5.41, 5.74) is 1.85. The van der Waals surface area contributed by atoms with Crippen LogP contribution in [0.25, 0.3) is 11.4 Å². The maximum absolute atomic E-state index is 12.6. The molecule has 0 spiro atoms. The van der Waals surface area contributed by atoms with Gasteiger partial charge in [0, 0.05) is 18.0 Å². The summed E-state index contributed by atoms with van der Waals surface area (Å²) in [5.74, 6) is 2.12. The summed E-state index contributed by atoms with van der Waals surface area (Å²) in [6, 6.07) is 15.1. The van der Waals surface area contributed by atoms with E-state index in [0.717, 1.165) is 22.6 Å². The van der Waals surface area contributed by atoms with E-state index in [-0.39, 0.29) is 11.8 Å². The van der Waals surface area contributed by atoms with Crippen molar-refractivity contribution in [1.82, 2.24) is 14.8 Å². The van der Waals surface area contributed by atoms with E-state index in [1.807, 2.05) is 62.4 Å². The van der Waals surface area contributed by atoms with Crippen LogP contribution in [0.3, 0.4) is 0 Å². The number of aromatic nitrogens is 3. The predicted molar refractivity (Wildman–Crippen MR) is 108 cm³/mol. The first kappa shape index (κ1) is 19.4. The van der Waals surface area contributed by atoms with Crippen molar-refractivity contribution < 1.29 is 14.3 Å². The van der Waals surface area contributed by atoms with Crippen molar-refractivity contribution in [1.29, 1.82) is 0 Å². The van der Waals surface area contributed by atoms with Gasteiger partial charge < -0.3 is 14.8 Å². The molecule has 28 heavy (non-hydrogen) atoms. The second kappa shape index (κ2) is 8.56. The Labute approximate surface area is 164 Å². The Morgan fingerprint density at radius 3 is 2.11 bits per heavy atom. The lowest BCUT2D eigenvalue weighted by molar-refractivity contribution is 0.0841. The zero-order valence-electron chi connectivity index (χ0n) is 16.5. The number of nitrogens with zero attached hydrogens (tertiary/aromatic N) is 3. The average Bonchev–Trinajstić information content (AvgIpc) is 3.16. The van der Waals surface area contributed by atoms with Crippen LogP contribution in [0.5, 0.6) is 11.5 Å². The smallest absolute Gasteiger partial charge is 0.252 e. The minimum Gasteiger partial charge on any atom is -0.497 e. The maximum Gasteiger partial charge on any atom is 0.252 e. The minimum absolute atomic E-state index is 0.121. The average molecular weight is 380 g/mol. The van der Waals surface area contributed by atoms with E-state index in [4.69, 9.17) is 9.47 Å². The number of ether oxygens (including phenoxy) is 2. The number of carbonyl (C=O) groups is 1. The van der Waals surface area contributed by atoms with E-state index in [9.17, 15) is 4.79 Å². The van der Waals surface area contributed by atoms with E-state index in [1.54, 1.807) is 14.2 Å². The Morgan fingerprint density at radius 1 is 1.00 bits per heavy atom. The molecule has 0 fully saturated rings. The highest BCUT2D eigenvalue weighted by molar-refractivity contribution is 5.83. The third-order valence-corrected chi connectivity index (χ3v) is 4.27. The molecule has 0 unspecified atom stereocenters. The van der Waals surface area contributed by atoms with Crippen molar-refractivity contribution in [3.8, 4) is 22.9 Å². The molecule has 1 aromatic heterocycles. The van der Waals surface area contributed by atoms with Gasteiger partial charge in [0.15, 0.2) is 5.82 Å². The molecule has 0 aliphatic carbocycles. The standard InChI is InChI=1S/C21H24N4O3/c1-14(2)20(26)25-21(22-13-15-5-9-17(27-3)10-6-15)23-19(24-25)16-7-11-18(28-4)12-8-16/h5-12,14H,13H2,1-4H3,(H,22,23,24). The third kappa shape index (κ3) is 4.31. The molecule has 7 heteroatoms. The van der Waals surface area contributed by atoms with Crippen LogP contribution >= 0.6 is 0 Å². The summed E-state index contributed by atoms with van der Waals surface area (Å²) in [4.78, 5) is 17.1. The van der Waals surface area contributed by atoms with Crippen molar-refractivity contribution in [2.75, 3.05) is 19.5 Å². The largest absolute Gasteiger partial charge is 0.497 e. The van der Waals surface area contributed by atoms with E-state index in [1.165, 1.54) is 4.68 Å². The molecule has 0 saturated carbocycles. The number of hydrogen-bond acceptors (Lipinski definition) is 6. The number of benzene rings is 2. The molecule has 0 radical (unpaired) electrons. The topological polar surface area (TPSA) is 78.3 Å². The highest BCUT2D eigenvalue weighted by atomic mass is 16.5. The van der Waals surface area contributed by atoms with Crippen LogP contribution in [0.2, 0.25) is 0 Å². The summed E-state index contributed by atoms with van der Waals surface area (Å²) in [5, 5.41) is 7.65. The fourth-order valence-electron chi connectivity index (χ4n) is 2.61. The van der Waals surface area contributed by atoms with Crippen molar-refractivity contribution in [2.45, 2.75) is 20.4 Å². The van der Waals surface area contributed by atoms with Gasteiger partial charge in [-0.05, 0) is 42.0 Å². The zero-order chi connectivity index (χ0) is 20.1. The minimum atomic E-state index is -0.202. The molecule has 7 nitrogen and oxygen atoms in total. The van der Waals surface area contributed by atoms with Gasteiger partial charge in [0.05, 0.1) is 14.2 Å².